The highest BCUT2D eigenvalue weighted by molar-refractivity contribution is 6.30. The lowest BCUT2D eigenvalue weighted by Crippen LogP contribution is -2.48. The third-order valence-electron chi connectivity index (χ3n) is 4.24. The molecule has 5 heteroatoms. The lowest BCUT2D eigenvalue weighted by atomic mass is 10.0. The van der Waals surface area contributed by atoms with Crippen molar-refractivity contribution < 1.29 is 9.53 Å². The summed E-state index contributed by atoms with van der Waals surface area (Å²) in [5, 5.41) is 3.71. The maximum absolute atomic E-state index is 12.3. The van der Waals surface area contributed by atoms with Crippen LogP contribution in [0.3, 0.4) is 0 Å². The Morgan fingerprint density at radius 2 is 2.17 bits per heavy atom. The molecule has 1 atom stereocenters. The maximum atomic E-state index is 12.3. The number of nitrogens with zero attached hydrogens (tertiary/aromatic N) is 1. The van der Waals surface area contributed by atoms with Crippen LogP contribution >= 0.6 is 11.6 Å². The fraction of sp³-hybridized carbons (Fsp3) is 0.611. The van der Waals surface area contributed by atoms with Crippen molar-refractivity contribution in [3.8, 4) is 5.75 Å². The molecule has 2 rings (SSSR count). The molecule has 1 fully saturated rings. The molecule has 1 aromatic carbocycles. The molecule has 1 N–H and O–H groups in total. The molecule has 23 heavy (non-hydrogen) atoms. The number of hydrogen-bond acceptors (Lipinski definition) is 3. The van der Waals surface area contributed by atoms with Gasteiger partial charge in [-0.1, -0.05) is 31.0 Å². The molecule has 0 radical (unpaired) electrons. The van der Waals surface area contributed by atoms with Crippen LogP contribution in [0, 0.1) is 0 Å². The van der Waals surface area contributed by atoms with Crippen LogP contribution in [0.25, 0.3) is 0 Å². The van der Waals surface area contributed by atoms with Gasteiger partial charge in [0.25, 0.3) is 5.91 Å². The predicted octanol–water partition coefficient (Wildman–Crippen LogP) is 3.49. The number of rotatable bonds is 7. The van der Waals surface area contributed by atoms with Crippen LogP contribution in [0.5, 0.6) is 5.75 Å². The molecule has 1 saturated heterocycles. The van der Waals surface area contributed by atoms with Crippen LogP contribution in [0.4, 0.5) is 0 Å². The van der Waals surface area contributed by atoms with Gasteiger partial charge in [0.05, 0.1) is 0 Å². The first-order valence-corrected chi connectivity index (χ1v) is 8.91. The Morgan fingerprint density at radius 3 is 2.83 bits per heavy atom. The Balaban J connectivity index is 1.74. The molecule has 0 saturated carbocycles. The molecular formula is C18H27ClN2O2. The minimum atomic E-state index is -0.522. The van der Waals surface area contributed by atoms with E-state index in [0.29, 0.717) is 10.8 Å². The van der Waals surface area contributed by atoms with E-state index in [0.717, 1.165) is 25.9 Å². The topological polar surface area (TPSA) is 41.6 Å². The minimum Gasteiger partial charge on any atom is -0.481 e. The molecule has 1 aliphatic rings. The van der Waals surface area contributed by atoms with Gasteiger partial charge in [-0.2, -0.15) is 0 Å². The number of piperidine rings is 1. The van der Waals surface area contributed by atoms with E-state index >= 15 is 0 Å². The molecule has 0 aliphatic carbocycles. The number of hydrogen-bond donors (Lipinski definition) is 1. The second kappa shape index (κ2) is 9.14. The second-order valence-corrected chi connectivity index (χ2v) is 6.63. The van der Waals surface area contributed by atoms with Crippen molar-refractivity contribution in [3.63, 3.8) is 0 Å². The maximum Gasteiger partial charge on any atom is 0.260 e. The van der Waals surface area contributed by atoms with Crippen molar-refractivity contribution in [2.24, 2.45) is 0 Å². The number of benzene rings is 1. The molecule has 128 valence electrons. The van der Waals surface area contributed by atoms with Gasteiger partial charge in [-0.05, 0) is 50.9 Å². The van der Waals surface area contributed by atoms with Crippen molar-refractivity contribution >= 4 is 17.5 Å². The van der Waals surface area contributed by atoms with E-state index in [2.05, 4.69) is 17.1 Å². The van der Waals surface area contributed by atoms with Gasteiger partial charge in [0, 0.05) is 24.2 Å². The van der Waals surface area contributed by atoms with Crippen molar-refractivity contribution in [3.05, 3.63) is 29.3 Å². The van der Waals surface area contributed by atoms with Crippen molar-refractivity contribution in [2.45, 2.75) is 51.7 Å². The SMILES string of the molecule is CCCCN1CCC(NC(=O)[C@H](C)Oc2cccc(Cl)c2)CC1. The summed E-state index contributed by atoms with van der Waals surface area (Å²) in [6, 6.07) is 7.38. The molecule has 0 unspecified atom stereocenters. The summed E-state index contributed by atoms with van der Waals surface area (Å²) in [6.07, 6.45) is 3.99. The van der Waals surface area contributed by atoms with E-state index in [9.17, 15) is 4.79 Å². The first kappa shape index (κ1) is 18.1. The number of carbonyl (C=O) groups excluding carboxylic acids is 1. The zero-order valence-electron chi connectivity index (χ0n) is 14.1. The molecule has 1 aliphatic heterocycles. The minimum absolute atomic E-state index is 0.0583. The van der Waals surface area contributed by atoms with E-state index in [1.54, 1.807) is 19.1 Å². The zero-order chi connectivity index (χ0) is 16.7. The summed E-state index contributed by atoms with van der Waals surface area (Å²) in [5.74, 6) is 0.562. The average Bonchev–Trinajstić information content (AvgIpc) is 2.54. The molecule has 0 bridgehead atoms. The normalized spacial score (nSPS) is 17.7. The summed E-state index contributed by atoms with van der Waals surface area (Å²) in [7, 11) is 0. The number of ether oxygens (including phenoxy) is 1. The summed E-state index contributed by atoms with van der Waals surface area (Å²) in [4.78, 5) is 14.8. The van der Waals surface area contributed by atoms with Crippen LogP contribution < -0.4 is 10.1 Å². The van der Waals surface area contributed by atoms with Gasteiger partial charge in [0.2, 0.25) is 0 Å². The average molecular weight is 339 g/mol. The van der Waals surface area contributed by atoms with Crippen molar-refractivity contribution in [1.82, 2.24) is 10.2 Å². The Hall–Kier alpha value is -1.26. The van der Waals surface area contributed by atoms with E-state index < -0.39 is 6.10 Å². The summed E-state index contributed by atoms with van der Waals surface area (Å²) < 4.78 is 5.67. The molecule has 1 aromatic rings. The van der Waals surface area contributed by atoms with Crippen LogP contribution in [0.2, 0.25) is 5.02 Å². The van der Waals surface area contributed by atoms with E-state index in [4.69, 9.17) is 16.3 Å². The highest BCUT2D eigenvalue weighted by Crippen LogP contribution is 2.18. The van der Waals surface area contributed by atoms with E-state index in [1.807, 2.05) is 12.1 Å². The number of likely N-dealkylation sites (tertiary alicyclic amines) is 1. The molecular weight excluding hydrogens is 312 g/mol. The fourth-order valence-corrected chi connectivity index (χ4v) is 2.98. The highest BCUT2D eigenvalue weighted by Gasteiger charge is 2.23. The zero-order valence-corrected chi connectivity index (χ0v) is 14.8. The van der Waals surface area contributed by atoms with E-state index in [-0.39, 0.29) is 11.9 Å². The number of halogens is 1. The smallest absolute Gasteiger partial charge is 0.260 e. The second-order valence-electron chi connectivity index (χ2n) is 6.20. The van der Waals surface area contributed by atoms with Crippen LogP contribution in [-0.2, 0) is 4.79 Å². The van der Waals surface area contributed by atoms with Gasteiger partial charge in [0.15, 0.2) is 6.10 Å². The Labute approximate surface area is 144 Å². The summed E-state index contributed by atoms with van der Waals surface area (Å²) in [6.45, 7) is 7.29. The molecule has 0 aromatic heterocycles. The van der Waals surface area contributed by atoms with Gasteiger partial charge < -0.3 is 15.0 Å². The lowest BCUT2D eigenvalue weighted by molar-refractivity contribution is -0.128. The van der Waals surface area contributed by atoms with Crippen LogP contribution in [0.1, 0.15) is 39.5 Å². The number of amides is 1. The van der Waals surface area contributed by atoms with Crippen LogP contribution in [0.15, 0.2) is 24.3 Å². The van der Waals surface area contributed by atoms with Gasteiger partial charge >= 0.3 is 0 Å². The van der Waals surface area contributed by atoms with Crippen LogP contribution in [-0.4, -0.2) is 42.6 Å². The summed E-state index contributed by atoms with van der Waals surface area (Å²) in [5.41, 5.74) is 0. The molecule has 0 spiro atoms. The molecule has 1 heterocycles. The Kier molecular flexibility index (Phi) is 7.18. The largest absolute Gasteiger partial charge is 0.481 e. The fourth-order valence-electron chi connectivity index (χ4n) is 2.80. The predicted molar refractivity (Wildman–Crippen MR) is 94.1 cm³/mol. The highest BCUT2D eigenvalue weighted by atomic mass is 35.5. The van der Waals surface area contributed by atoms with E-state index in [1.165, 1.54) is 19.4 Å². The standard InChI is InChI=1S/C18H27ClN2O2/c1-3-4-10-21-11-8-16(9-12-21)20-18(22)14(2)23-17-7-5-6-15(19)13-17/h5-7,13-14,16H,3-4,8-12H2,1-2H3,(H,20,22)/t14-/m0/s1. The number of carbonyl (C=O) groups is 1. The van der Waals surface area contributed by atoms with Gasteiger partial charge in [0.1, 0.15) is 5.75 Å². The monoisotopic (exact) mass is 338 g/mol. The first-order chi connectivity index (χ1) is 11.1. The Morgan fingerprint density at radius 1 is 1.43 bits per heavy atom. The van der Waals surface area contributed by atoms with Gasteiger partial charge in [-0.3, -0.25) is 4.79 Å². The van der Waals surface area contributed by atoms with Crippen molar-refractivity contribution in [1.29, 1.82) is 0 Å². The quantitative estimate of drug-likeness (QED) is 0.827. The molecule has 4 nitrogen and oxygen atoms in total. The number of nitrogens with one attached hydrogen (secondary N) is 1. The first-order valence-electron chi connectivity index (χ1n) is 8.53. The third-order valence-corrected chi connectivity index (χ3v) is 4.48. The Bertz CT molecular complexity index is 502. The lowest BCUT2D eigenvalue weighted by Gasteiger charge is -2.32. The number of unbranched alkanes of at least 4 members (excludes halogenated alkanes) is 1. The third kappa shape index (κ3) is 6.04. The van der Waals surface area contributed by atoms with Gasteiger partial charge in [-0.15, -0.1) is 0 Å². The summed E-state index contributed by atoms with van der Waals surface area (Å²) >= 11 is 5.93. The van der Waals surface area contributed by atoms with Gasteiger partial charge in [-0.25, -0.2) is 0 Å². The molecule has 1 amide bonds. The van der Waals surface area contributed by atoms with Crippen molar-refractivity contribution in [2.75, 3.05) is 19.6 Å².